The third-order valence-electron chi connectivity index (χ3n) is 4.75. The van der Waals surface area contributed by atoms with Crippen molar-refractivity contribution in [1.82, 2.24) is 9.62 Å². The van der Waals surface area contributed by atoms with Gasteiger partial charge in [-0.05, 0) is 48.9 Å². The van der Waals surface area contributed by atoms with Crippen molar-refractivity contribution in [2.45, 2.75) is 37.8 Å². The van der Waals surface area contributed by atoms with Crippen LogP contribution in [0.15, 0.2) is 18.2 Å². The van der Waals surface area contributed by atoms with Crippen molar-refractivity contribution in [2.75, 3.05) is 19.4 Å². The predicted octanol–water partition coefficient (Wildman–Crippen LogP) is 1.05. The van der Waals surface area contributed by atoms with E-state index in [2.05, 4.69) is 5.32 Å². The van der Waals surface area contributed by atoms with Crippen molar-refractivity contribution in [3.05, 3.63) is 29.3 Å². The molecule has 6 nitrogen and oxygen atoms in total. The molecule has 0 saturated heterocycles. The predicted molar refractivity (Wildman–Crippen MR) is 86.7 cm³/mol. The summed E-state index contributed by atoms with van der Waals surface area (Å²) < 4.78 is 32.4. The van der Waals surface area contributed by atoms with Gasteiger partial charge in [0.05, 0.1) is 12.9 Å². The smallest absolute Gasteiger partial charge is 0.214 e. The second-order valence-corrected chi connectivity index (χ2v) is 8.30. The Balaban J connectivity index is 1.79. The van der Waals surface area contributed by atoms with Crippen molar-refractivity contribution in [3.8, 4) is 5.75 Å². The molecule has 1 aromatic carbocycles. The maximum atomic E-state index is 12.7. The molecule has 3 rings (SSSR count). The number of carbonyl (C=O) groups excluding carboxylic acids is 1. The molecule has 1 aliphatic heterocycles. The van der Waals surface area contributed by atoms with Gasteiger partial charge in [-0.3, -0.25) is 4.79 Å². The highest BCUT2D eigenvalue weighted by atomic mass is 32.2. The van der Waals surface area contributed by atoms with Gasteiger partial charge >= 0.3 is 0 Å². The number of benzene rings is 1. The minimum absolute atomic E-state index is 0.0705. The lowest BCUT2D eigenvalue weighted by Gasteiger charge is -2.36. The minimum Gasteiger partial charge on any atom is -0.497 e. The van der Waals surface area contributed by atoms with Crippen LogP contribution >= 0.6 is 0 Å². The molecule has 0 bridgehead atoms. The molecule has 1 saturated carbocycles. The lowest BCUT2D eigenvalue weighted by atomic mass is 9.94. The first-order valence-electron chi connectivity index (χ1n) is 7.84. The van der Waals surface area contributed by atoms with E-state index in [4.69, 9.17) is 4.74 Å². The Morgan fingerprint density at radius 3 is 2.78 bits per heavy atom. The molecule has 7 heteroatoms. The van der Waals surface area contributed by atoms with E-state index in [0.29, 0.717) is 25.9 Å². The molecule has 1 aliphatic carbocycles. The number of sulfonamides is 1. The van der Waals surface area contributed by atoms with Gasteiger partial charge in [0.2, 0.25) is 16.4 Å². The summed E-state index contributed by atoms with van der Waals surface area (Å²) in [7, 11) is -1.68. The standard InChI is InChI=1S/C16H22N2O4S/c1-22-15-4-3-13-11-18(16(5-6-16)10-14(13)9-15)23(20,21)8-2-7-17-12-19/h3-4,9,12H,2,5-8,10-11H2,1H3,(H,17,19). The van der Waals surface area contributed by atoms with Crippen LogP contribution in [0.25, 0.3) is 0 Å². The lowest BCUT2D eigenvalue weighted by Crippen LogP contribution is -2.47. The summed E-state index contributed by atoms with van der Waals surface area (Å²) in [6.45, 7) is 0.820. The number of hydrogen-bond acceptors (Lipinski definition) is 4. The Hall–Kier alpha value is -1.60. The van der Waals surface area contributed by atoms with Crippen LogP contribution in [0.4, 0.5) is 0 Å². The number of nitrogens with one attached hydrogen (secondary N) is 1. The van der Waals surface area contributed by atoms with Crippen LogP contribution in [0, 0.1) is 0 Å². The molecule has 0 aromatic heterocycles. The molecule has 2 aliphatic rings. The first-order chi connectivity index (χ1) is 11.0. The van der Waals surface area contributed by atoms with Crippen molar-refractivity contribution in [3.63, 3.8) is 0 Å². The van der Waals surface area contributed by atoms with Crippen LogP contribution in [-0.4, -0.2) is 44.1 Å². The maximum absolute atomic E-state index is 12.7. The van der Waals surface area contributed by atoms with Crippen LogP contribution in [0.3, 0.4) is 0 Å². The van der Waals surface area contributed by atoms with Crippen LogP contribution < -0.4 is 10.1 Å². The number of methoxy groups -OCH3 is 1. The second-order valence-electron chi connectivity index (χ2n) is 6.28. The van der Waals surface area contributed by atoms with Gasteiger partial charge in [0.25, 0.3) is 0 Å². The van der Waals surface area contributed by atoms with Gasteiger partial charge in [0.1, 0.15) is 5.75 Å². The molecule has 1 N–H and O–H groups in total. The highest BCUT2D eigenvalue weighted by molar-refractivity contribution is 7.89. The zero-order valence-electron chi connectivity index (χ0n) is 13.2. The Kier molecular flexibility index (Phi) is 4.33. The molecule has 1 spiro atoms. The van der Waals surface area contributed by atoms with Gasteiger partial charge in [-0.1, -0.05) is 6.07 Å². The normalized spacial score (nSPS) is 19.2. The average Bonchev–Trinajstić information content (AvgIpc) is 3.29. The summed E-state index contributed by atoms with van der Waals surface area (Å²) in [6, 6.07) is 5.86. The van der Waals surface area contributed by atoms with E-state index >= 15 is 0 Å². The molecular formula is C16H22N2O4S. The van der Waals surface area contributed by atoms with E-state index in [1.807, 2.05) is 18.2 Å². The maximum Gasteiger partial charge on any atom is 0.214 e. The van der Waals surface area contributed by atoms with E-state index in [-0.39, 0.29) is 11.3 Å². The zero-order chi connectivity index (χ0) is 16.5. The van der Waals surface area contributed by atoms with Gasteiger partial charge < -0.3 is 10.1 Å². The monoisotopic (exact) mass is 338 g/mol. The van der Waals surface area contributed by atoms with Crippen LogP contribution in [0.2, 0.25) is 0 Å². The summed E-state index contributed by atoms with van der Waals surface area (Å²) >= 11 is 0. The van der Waals surface area contributed by atoms with Gasteiger partial charge in [0, 0.05) is 18.6 Å². The topological polar surface area (TPSA) is 75.7 Å². The summed E-state index contributed by atoms with van der Waals surface area (Å²) in [6.07, 6.45) is 3.61. The minimum atomic E-state index is -3.32. The molecule has 0 radical (unpaired) electrons. The van der Waals surface area contributed by atoms with Crippen molar-refractivity contribution < 1.29 is 17.9 Å². The van der Waals surface area contributed by atoms with E-state index in [0.717, 1.165) is 30.6 Å². The number of amides is 1. The number of hydrogen-bond donors (Lipinski definition) is 1. The Labute approximate surface area is 136 Å². The first kappa shape index (κ1) is 16.3. The molecule has 0 atom stereocenters. The zero-order valence-corrected chi connectivity index (χ0v) is 14.1. The van der Waals surface area contributed by atoms with Gasteiger partial charge in [-0.15, -0.1) is 0 Å². The Morgan fingerprint density at radius 1 is 1.35 bits per heavy atom. The van der Waals surface area contributed by atoms with E-state index in [1.54, 1.807) is 11.4 Å². The molecule has 126 valence electrons. The molecule has 1 aromatic rings. The Morgan fingerprint density at radius 2 is 2.13 bits per heavy atom. The van der Waals surface area contributed by atoms with Crippen LogP contribution in [0.1, 0.15) is 30.4 Å². The summed E-state index contributed by atoms with van der Waals surface area (Å²) in [5.41, 5.74) is 2.00. The fraction of sp³-hybridized carbons (Fsp3) is 0.562. The summed E-state index contributed by atoms with van der Waals surface area (Å²) in [4.78, 5) is 10.3. The third kappa shape index (κ3) is 3.21. The van der Waals surface area contributed by atoms with Crippen molar-refractivity contribution in [2.24, 2.45) is 0 Å². The lowest BCUT2D eigenvalue weighted by molar-refractivity contribution is -0.109. The molecule has 1 fully saturated rings. The van der Waals surface area contributed by atoms with Crippen molar-refractivity contribution >= 4 is 16.4 Å². The highest BCUT2D eigenvalue weighted by Gasteiger charge is 2.54. The van der Waals surface area contributed by atoms with Crippen LogP contribution in [-0.2, 0) is 27.8 Å². The number of rotatable bonds is 7. The van der Waals surface area contributed by atoms with Gasteiger partial charge in [-0.2, -0.15) is 4.31 Å². The van der Waals surface area contributed by atoms with Gasteiger partial charge in [-0.25, -0.2) is 8.42 Å². The molecule has 23 heavy (non-hydrogen) atoms. The van der Waals surface area contributed by atoms with Crippen molar-refractivity contribution in [1.29, 1.82) is 0 Å². The largest absolute Gasteiger partial charge is 0.497 e. The molecule has 1 amide bonds. The van der Waals surface area contributed by atoms with Crippen LogP contribution in [0.5, 0.6) is 5.75 Å². The fourth-order valence-electron chi connectivity index (χ4n) is 3.30. The van der Waals surface area contributed by atoms with E-state index in [1.165, 1.54) is 5.56 Å². The van der Waals surface area contributed by atoms with E-state index in [9.17, 15) is 13.2 Å². The second kappa shape index (κ2) is 6.13. The number of carbonyl (C=O) groups is 1. The number of ether oxygens (including phenoxy) is 1. The quantitative estimate of drug-likeness (QED) is 0.596. The molecule has 1 heterocycles. The Bertz CT molecular complexity index is 698. The third-order valence-corrected chi connectivity index (χ3v) is 6.74. The fourth-order valence-corrected chi connectivity index (χ4v) is 5.21. The summed E-state index contributed by atoms with van der Waals surface area (Å²) in [5, 5.41) is 2.51. The van der Waals surface area contributed by atoms with E-state index < -0.39 is 10.0 Å². The first-order valence-corrected chi connectivity index (χ1v) is 9.45. The SMILES string of the molecule is COc1ccc2c(c1)CC1(CC1)N(S(=O)(=O)CCCNC=O)C2. The highest BCUT2D eigenvalue weighted by Crippen LogP contribution is 2.50. The summed E-state index contributed by atoms with van der Waals surface area (Å²) in [5.74, 6) is 0.886. The van der Waals surface area contributed by atoms with Gasteiger partial charge in [0.15, 0.2) is 0 Å². The number of nitrogens with zero attached hydrogens (tertiary/aromatic N) is 1. The number of fused-ring (bicyclic) bond motifs is 1. The molecular weight excluding hydrogens is 316 g/mol. The molecule has 0 unspecified atom stereocenters. The average molecular weight is 338 g/mol.